The Morgan fingerprint density at radius 1 is 1.29 bits per heavy atom. The molecule has 24 heavy (non-hydrogen) atoms. The van der Waals surface area contributed by atoms with Crippen LogP contribution in [0.2, 0.25) is 0 Å². The van der Waals surface area contributed by atoms with E-state index in [1.54, 1.807) is 37.9 Å². The molecule has 2 rings (SSSR count). The minimum atomic E-state index is -0.659. The van der Waals surface area contributed by atoms with Crippen LogP contribution >= 0.6 is 23.1 Å². The van der Waals surface area contributed by atoms with E-state index in [4.69, 9.17) is 9.47 Å². The fourth-order valence-corrected chi connectivity index (χ4v) is 3.43. The van der Waals surface area contributed by atoms with E-state index < -0.39 is 6.10 Å². The number of rotatable bonds is 8. The van der Waals surface area contributed by atoms with E-state index in [0.717, 1.165) is 10.1 Å². The molecular weight excluding hydrogens is 346 g/mol. The van der Waals surface area contributed by atoms with Crippen molar-refractivity contribution in [1.82, 2.24) is 10.2 Å². The first-order valence-electron chi connectivity index (χ1n) is 7.55. The van der Waals surface area contributed by atoms with Gasteiger partial charge in [-0.1, -0.05) is 43.0 Å². The van der Waals surface area contributed by atoms with Gasteiger partial charge in [-0.25, -0.2) is 0 Å². The van der Waals surface area contributed by atoms with Gasteiger partial charge < -0.3 is 9.47 Å². The predicted octanol–water partition coefficient (Wildman–Crippen LogP) is 3.70. The molecule has 1 unspecified atom stereocenters. The highest BCUT2D eigenvalue weighted by Gasteiger charge is 2.17. The van der Waals surface area contributed by atoms with Crippen LogP contribution in [-0.4, -0.2) is 35.1 Å². The predicted molar refractivity (Wildman–Crippen MR) is 97.2 cm³/mol. The molecule has 1 aromatic carbocycles. The maximum atomic E-state index is 12.2. The molecule has 1 N–H and O–H groups in total. The number of methoxy groups -OCH3 is 1. The lowest BCUT2D eigenvalue weighted by molar-refractivity contribution is -0.122. The number of thioether (sulfide) groups is 1. The molecule has 0 saturated carbocycles. The van der Waals surface area contributed by atoms with Crippen molar-refractivity contribution in [1.29, 1.82) is 0 Å². The molecule has 1 atom stereocenters. The average Bonchev–Trinajstić information content (AvgIpc) is 3.00. The van der Waals surface area contributed by atoms with Gasteiger partial charge in [-0.3, -0.25) is 10.1 Å². The Morgan fingerprint density at radius 3 is 2.75 bits per heavy atom. The Balaban J connectivity index is 1.89. The molecule has 0 aliphatic carbocycles. The van der Waals surface area contributed by atoms with E-state index in [2.05, 4.69) is 29.4 Å². The molecule has 1 aromatic heterocycles. The van der Waals surface area contributed by atoms with Gasteiger partial charge in [-0.2, -0.15) is 0 Å². The summed E-state index contributed by atoms with van der Waals surface area (Å²) in [4.78, 5) is 12.2. The zero-order chi connectivity index (χ0) is 17.5. The van der Waals surface area contributed by atoms with Gasteiger partial charge in [0, 0.05) is 11.8 Å². The summed E-state index contributed by atoms with van der Waals surface area (Å²) in [5.41, 5.74) is 0. The molecule has 0 saturated heterocycles. The SMILES string of the molecule is COc1cccc(OC(C)C(=O)Nc2nnc(SCC(C)C)s2)c1. The first-order chi connectivity index (χ1) is 11.5. The van der Waals surface area contributed by atoms with E-state index in [-0.39, 0.29) is 5.91 Å². The molecule has 8 heteroatoms. The van der Waals surface area contributed by atoms with Gasteiger partial charge in [0.1, 0.15) is 11.5 Å². The van der Waals surface area contributed by atoms with Crippen LogP contribution in [0.15, 0.2) is 28.6 Å². The largest absolute Gasteiger partial charge is 0.497 e. The van der Waals surface area contributed by atoms with E-state index in [1.165, 1.54) is 11.3 Å². The minimum absolute atomic E-state index is 0.269. The number of carbonyl (C=O) groups is 1. The third kappa shape index (κ3) is 5.68. The molecular formula is C16H21N3O3S2. The molecule has 0 bridgehead atoms. The summed E-state index contributed by atoms with van der Waals surface area (Å²) in [5, 5.41) is 11.3. The number of hydrogen-bond acceptors (Lipinski definition) is 7. The first-order valence-corrected chi connectivity index (χ1v) is 9.36. The smallest absolute Gasteiger partial charge is 0.266 e. The van der Waals surface area contributed by atoms with Crippen molar-refractivity contribution in [3.8, 4) is 11.5 Å². The van der Waals surface area contributed by atoms with Crippen molar-refractivity contribution < 1.29 is 14.3 Å². The van der Waals surface area contributed by atoms with Crippen molar-refractivity contribution in [2.24, 2.45) is 5.92 Å². The molecule has 0 aliphatic heterocycles. The molecule has 0 fully saturated rings. The quantitative estimate of drug-likeness (QED) is 0.566. The zero-order valence-electron chi connectivity index (χ0n) is 14.1. The van der Waals surface area contributed by atoms with Gasteiger partial charge in [0.05, 0.1) is 7.11 Å². The highest BCUT2D eigenvalue weighted by atomic mass is 32.2. The standard InChI is InChI=1S/C16H21N3O3S2/c1-10(2)9-23-16-19-18-15(24-16)17-14(20)11(3)22-13-7-5-6-12(8-13)21-4/h5-8,10-11H,9H2,1-4H3,(H,17,18,20). The van der Waals surface area contributed by atoms with Crippen molar-refractivity contribution in [3.63, 3.8) is 0 Å². The fraction of sp³-hybridized carbons (Fsp3) is 0.438. The molecule has 1 amide bonds. The van der Waals surface area contributed by atoms with E-state index in [0.29, 0.717) is 22.5 Å². The van der Waals surface area contributed by atoms with Crippen molar-refractivity contribution in [2.75, 3.05) is 18.2 Å². The molecule has 0 radical (unpaired) electrons. The monoisotopic (exact) mass is 367 g/mol. The van der Waals surface area contributed by atoms with Crippen molar-refractivity contribution in [3.05, 3.63) is 24.3 Å². The second-order valence-electron chi connectivity index (χ2n) is 5.51. The summed E-state index contributed by atoms with van der Waals surface area (Å²) < 4.78 is 11.6. The second-order valence-corrected chi connectivity index (χ2v) is 7.75. The third-order valence-electron chi connectivity index (χ3n) is 2.90. The Morgan fingerprint density at radius 2 is 2.04 bits per heavy atom. The first kappa shape index (κ1) is 18.5. The Hall–Kier alpha value is -1.80. The highest BCUT2D eigenvalue weighted by Crippen LogP contribution is 2.27. The summed E-state index contributed by atoms with van der Waals surface area (Å²) in [7, 11) is 1.58. The minimum Gasteiger partial charge on any atom is -0.497 e. The normalized spacial score (nSPS) is 12.0. The summed E-state index contributed by atoms with van der Waals surface area (Å²) >= 11 is 3.01. The number of anilines is 1. The zero-order valence-corrected chi connectivity index (χ0v) is 15.7. The van der Waals surface area contributed by atoms with Gasteiger partial charge >= 0.3 is 0 Å². The number of benzene rings is 1. The number of aromatic nitrogens is 2. The van der Waals surface area contributed by atoms with Gasteiger partial charge in [0.15, 0.2) is 10.4 Å². The van der Waals surface area contributed by atoms with Crippen molar-refractivity contribution >= 4 is 34.1 Å². The van der Waals surface area contributed by atoms with Crippen LogP contribution in [0, 0.1) is 5.92 Å². The Labute approximate surface area is 150 Å². The summed E-state index contributed by atoms with van der Waals surface area (Å²) in [6.07, 6.45) is -0.659. The third-order valence-corrected chi connectivity index (χ3v) is 5.30. The van der Waals surface area contributed by atoms with Crippen LogP contribution in [0.3, 0.4) is 0 Å². The van der Waals surface area contributed by atoms with Crippen LogP contribution in [0.25, 0.3) is 0 Å². The van der Waals surface area contributed by atoms with Gasteiger partial charge in [0.2, 0.25) is 5.13 Å². The van der Waals surface area contributed by atoms with Crippen LogP contribution in [-0.2, 0) is 4.79 Å². The Kier molecular flexibility index (Phi) is 6.86. The lowest BCUT2D eigenvalue weighted by Crippen LogP contribution is -2.30. The van der Waals surface area contributed by atoms with Crippen LogP contribution in [0.1, 0.15) is 20.8 Å². The topological polar surface area (TPSA) is 73.3 Å². The van der Waals surface area contributed by atoms with E-state index in [1.807, 2.05) is 12.1 Å². The van der Waals surface area contributed by atoms with Gasteiger partial charge in [0.25, 0.3) is 5.91 Å². The van der Waals surface area contributed by atoms with Crippen LogP contribution < -0.4 is 14.8 Å². The van der Waals surface area contributed by atoms with Crippen LogP contribution in [0.4, 0.5) is 5.13 Å². The molecule has 6 nitrogen and oxygen atoms in total. The average molecular weight is 367 g/mol. The molecule has 130 valence electrons. The Bertz CT molecular complexity index is 676. The van der Waals surface area contributed by atoms with Crippen LogP contribution in [0.5, 0.6) is 11.5 Å². The van der Waals surface area contributed by atoms with E-state index >= 15 is 0 Å². The van der Waals surface area contributed by atoms with Gasteiger partial charge in [-0.05, 0) is 25.0 Å². The number of carbonyl (C=O) groups excluding carboxylic acids is 1. The molecule has 2 aromatic rings. The number of amides is 1. The summed E-state index contributed by atoms with van der Waals surface area (Å²) in [6, 6.07) is 7.13. The van der Waals surface area contributed by atoms with Gasteiger partial charge in [-0.15, -0.1) is 10.2 Å². The summed E-state index contributed by atoms with van der Waals surface area (Å²) in [5.74, 6) is 2.53. The number of hydrogen-bond donors (Lipinski definition) is 1. The highest BCUT2D eigenvalue weighted by molar-refractivity contribution is 8.01. The number of nitrogens with one attached hydrogen (secondary N) is 1. The second kappa shape index (κ2) is 8.89. The van der Waals surface area contributed by atoms with Crippen molar-refractivity contribution in [2.45, 2.75) is 31.2 Å². The lowest BCUT2D eigenvalue weighted by Gasteiger charge is -2.14. The number of ether oxygens (including phenoxy) is 2. The van der Waals surface area contributed by atoms with E-state index in [9.17, 15) is 4.79 Å². The maximum Gasteiger partial charge on any atom is 0.266 e. The maximum absolute atomic E-state index is 12.2. The lowest BCUT2D eigenvalue weighted by atomic mass is 10.3. The molecule has 0 spiro atoms. The molecule has 0 aliphatic rings. The number of nitrogens with zero attached hydrogens (tertiary/aromatic N) is 2. The fourth-order valence-electron chi connectivity index (χ4n) is 1.70. The molecule has 1 heterocycles. The summed E-state index contributed by atoms with van der Waals surface area (Å²) in [6.45, 7) is 5.98.